The number of carbonyl (C=O) groups is 3. The third kappa shape index (κ3) is 6.47. The summed E-state index contributed by atoms with van der Waals surface area (Å²) in [5.74, 6) is -0.666. The molecular weight excluding hydrogens is 346 g/mol. The smallest absolute Gasteiger partial charge is 0.337 e. The average Bonchev–Trinajstić information content (AvgIpc) is 2.67. The lowest BCUT2D eigenvalue weighted by Crippen LogP contribution is -2.21. The summed E-state index contributed by atoms with van der Waals surface area (Å²) in [6, 6.07) is 13.6. The van der Waals surface area contributed by atoms with E-state index in [1.165, 1.54) is 7.11 Å². The summed E-state index contributed by atoms with van der Waals surface area (Å²) in [7, 11) is 1.31. The minimum Gasteiger partial charge on any atom is -0.465 e. The maximum absolute atomic E-state index is 12.0. The van der Waals surface area contributed by atoms with Gasteiger partial charge in [0.15, 0.2) is 0 Å². The monoisotopic (exact) mass is 369 g/mol. The number of ether oxygens (including phenoxy) is 1. The molecule has 0 aliphatic heterocycles. The van der Waals surface area contributed by atoms with Crippen molar-refractivity contribution in [3.63, 3.8) is 0 Å². The minimum absolute atomic E-state index is 0.0178. The van der Waals surface area contributed by atoms with Gasteiger partial charge in [-0.25, -0.2) is 4.79 Å². The van der Waals surface area contributed by atoms with Gasteiger partial charge in [-0.15, -0.1) is 0 Å². The van der Waals surface area contributed by atoms with Crippen molar-refractivity contribution in [1.82, 2.24) is 0 Å². The number of carbonyl (C=O) groups excluding carboxylic acids is 3. The summed E-state index contributed by atoms with van der Waals surface area (Å²) in [5.41, 5.74) is 2.48. The summed E-state index contributed by atoms with van der Waals surface area (Å²) in [6.07, 6.45) is 1.28. The number of methoxy groups -OCH3 is 1. The van der Waals surface area contributed by atoms with Gasteiger partial charge in [0.05, 0.1) is 19.2 Å². The van der Waals surface area contributed by atoms with Gasteiger partial charge in [0.25, 0.3) is 0 Å². The Morgan fingerprint density at radius 2 is 1.33 bits per heavy atom. The molecule has 0 saturated heterocycles. The van der Waals surface area contributed by atoms with Crippen LogP contribution in [0.25, 0.3) is 0 Å². The van der Waals surface area contributed by atoms with Crippen LogP contribution in [0, 0.1) is 0 Å². The molecule has 0 radical (unpaired) electrons. The predicted octanol–water partition coefficient (Wildman–Crippen LogP) is 3.26. The Balaban J connectivity index is 1.81. The van der Waals surface area contributed by atoms with E-state index >= 15 is 0 Å². The van der Waals surface area contributed by atoms with E-state index < -0.39 is 5.97 Å². The molecule has 142 valence electrons. The Hall–Kier alpha value is -3.35. The van der Waals surface area contributed by atoms with Crippen molar-refractivity contribution < 1.29 is 19.1 Å². The molecule has 0 atom stereocenters. The molecule has 0 saturated carbocycles. The van der Waals surface area contributed by atoms with E-state index in [2.05, 4.69) is 20.7 Å². The van der Waals surface area contributed by atoms with Gasteiger partial charge < -0.3 is 20.7 Å². The molecule has 0 unspecified atom stereocenters. The van der Waals surface area contributed by atoms with Crippen molar-refractivity contribution >= 4 is 34.8 Å². The highest BCUT2D eigenvalue weighted by atomic mass is 16.5. The Morgan fingerprint density at radius 3 is 1.89 bits per heavy atom. The first-order valence-corrected chi connectivity index (χ1v) is 8.64. The van der Waals surface area contributed by atoms with E-state index in [-0.39, 0.29) is 18.4 Å². The highest BCUT2D eigenvalue weighted by Gasteiger charge is 2.07. The van der Waals surface area contributed by atoms with Crippen LogP contribution < -0.4 is 16.0 Å². The Bertz CT molecular complexity index is 786. The fourth-order valence-corrected chi connectivity index (χ4v) is 2.32. The quantitative estimate of drug-likeness (QED) is 0.621. The molecule has 2 aromatic rings. The number of anilines is 3. The van der Waals surface area contributed by atoms with Gasteiger partial charge in [0, 0.05) is 23.5 Å². The van der Waals surface area contributed by atoms with Gasteiger partial charge in [0.1, 0.15) is 0 Å². The lowest BCUT2D eigenvalue weighted by molar-refractivity contribution is -0.116. The van der Waals surface area contributed by atoms with Crippen molar-refractivity contribution in [2.75, 3.05) is 29.6 Å². The number of benzene rings is 2. The van der Waals surface area contributed by atoms with E-state index in [4.69, 9.17) is 0 Å². The molecule has 0 heterocycles. The van der Waals surface area contributed by atoms with Crippen LogP contribution in [-0.4, -0.2) is 31.4 Å². The van der Waals surface area contributed by atoms with Gasteiger partial charge in [-0.1, -0.05) is 6.92 Å². The number of hydrogen-bond acceptors (Lipinski definition) is 5. The Morgan fingerprint density at radius 1 is 0.815 bits per heavy atom. The Kier molecular flexibility index (Phi) is 7.37. The fraction of sp³-hybridized carbons (Fsp3) is 0.250. The summed E-state index contributed by atoms with van der Waals surface area (Å²) in [6.45, 7) is 2.03. The van der Waals surface area contributed by atoms with Crippen LogP contribution >= 0.6 is 0 Å². The van der Waals surface area contributed by atoms with Crippen molar-refractivity contribution in [2.45, 2.75) is 19.8 Å². The van der Waals surface area contributed by atoms with Crippen molar-refractivity contribution in [2.24, 2.45) is 0 Å². The zero-order valence-electron chi connectivity index (χ0n) is 15.4. The second kappa shape index (κ2) is 9.96. The number of nitrogens with one attached hydrogen (secondary N) is 3. The van der Waals surface area contributed by atoms with Crippen LogP contribution in [0.5, 0.6) is 0 Å². The molecule has 0 bridgehead atoms. The van der Waals surface area contributed by atoms with Gasteiger partial charge in [-0.05, 0) is 55.0 Å². The van der Waals surface area contributed by atoms with Gasteiger partial charge >= 0.3 is 5.97 Å². The van der Waals surface area contributed by atoms with E-state index in [1.807, 2.05) is 6.92 Å². The van der Waals surface area contributed by atoms with Gasteiger partial charge in [-0.3, -0.25) is 9.59 Å². The maximum Gasteiger partial charge on any atom is 0.337 e. The van der Waals surface area contributed by atoms with E-state index in [9.17, 15) is 14.4 Å². The highest BCUT2D eigenvalue weighted by molar-refractivity contribution is 5.95. The Labute approximate surface area is 158 Å². The summed E-state index contributed by atoms with van der Waals surface area (Å²) >= 11 is 0. The van der Waals surface area contributed by atoms with E-state index in [0.29, 0.717) is 23.4 Å². The van der Waals surface area contributed by atoms with Crippen molar-refractivity contribution in [1.29, 1.82) is 0 Å². The molecule has 0 aromatic heterocycles. The van der Waals surface area contributed by atoms with Gasteiger partial charge in [0.2, 0.25) is 11.8 Å². The van der Waals surface area contributed by atoms with E-state index in [1.54, 1.807) is 48.5 Å². The topological polar surface area (TPSA) is 96.5 Å². The van der Waals surface area contributed by atoms with Crippen LogP contribution in [0.1, 0.15) is 30.1 Å². The van der Waals surface area contributed by atoms with Crippen molar-refractivity contribution in [3.8, 4) is 0 Å². The van der Waals surface area contributed by atoms with Crippen LogP contribution in [0.4, 0.5) is 17.1 Å². The normalized spacial score (nSPS) is 10.0. The van der Waals surface area contributed by atoms with Crippen LogP contribution in [-0.2, 0) is 14.3 Å². The van der Waals surface area contributed by atoms with E-state index in [0.717, 1.165) is 12.1 Å². The van der Waals surface area contributed by atoms with Crippen LogP contribution in [0.15, 0.2) is 48.5 Å². The SMILES string of the molecule is CCCC(=O)Nc1ccc(NCC(=O)Nc2ccc(C(=O)OC)cc2)cc1. The molecule has 0 spiro atoms. The molecule has 0 fully saturated rings. The maximum atomic E-state index is 12.0. The standard InChI is InChI=1S/C20H23N3O4/c1-3-4-18(24)22-17-11-9-15(10-12-17)21-13-19(25)23-16-7-5-14(6-8-16)20(26)27-2/h5-12,21H,3-4,13H2,1-2H3,(H,22,24)(H,23,25). The van der Waals surface area contributed by atoms with Gasteiger partial charge in [-0.2, -0.15) is 0 Å². The largest absolute Gasteiger partial charge is 0.465 e. The van der Waals surface area contributed by atoms with Crippen LogP contribution in [0.2, 0.25) is 0 Å². The van der Waals surface area contributed by atoms with Crippen molar-refractivity contribution in [3.05, 3.63) is 54.1 Å². The molecular formula is C20H23N3O4. The third-order valence-electron chi connectivity index (χ3n) is 3.69. The summed E-state index contributed by atoms with van der Waals surface area (Å²) < 4.78 is 4.63. The summed E-state index contributed by atoms with van der Waals surface area (Å²) in [4.78, 5) is 35.0. The second-order valence-electron chi connectivity index (χ2n) is 5.85. The number of esters is 1. The minimum atomic E-state index is -0.427. The number of rotatable bonds is 8. The molecule has 7 nitrogen and oxygen atoms in total. The molecule has 0 aliphatic carbocycles. The first-order valence-electron chi connectivity index (χ1n) is 8.64. The highest BCUT2D eigenvalue weighted by Crippen LogP contribution is 2.14. The molecule has 27 heavy (non-hydrogen) atoms. The molecule has 3 N–H and O–H groups in total. The summed E-state index contributed by atoms with van der Waals surface area (Å²) in [5, 5.41) is 8.55. The molecule has 2 aromatic carbocycles. The number of amides is 2. The zero-order valence-corrected chi connectivity index (χ0v) is 15.4. The lowest BCUT2D eigenvalue weighted by atomic mass is 10.2. The molecule has 7 heteroatoms. The zero-order chi connectivity index (χ0) is 19.6. The van der Waals surface area contributed by atoms with Crippen LogP contribution in [0.3, 0.4) is 0 Å². The first kappa shape index (κ1) is 20.0. The molecule has 2 amide bonds. The molecule has 0 aliphatic rings. The number of hydrogen-bond donors (Lipinski definition) is 3. The lowest BCUT2D eigenvalue weighted by Gasteiger charge is -2.09. The second-order valence-corrected chi connectivity index (χ2v) is 5.85. The molecule has 2 rings (SSSR count). The fourth-order valence-electron chi connectivity index (χ4n) is 2.32. The third-order valence-corrected chi connectivity index (χ3v) is 3.69. The average molecular weight is 369 g/mol. The first-order chi connectivity index (χ1) is 13.0. The predicted molar refractivity (Wildman–Crippen MR) is 105 cm³/mol.